The number of hydrogen-bond donors (Lipinski definition) is 1. The van der Waals surface area contributed by atoms with Crippen molar-refractivity contribution in [3.8, 4) is 0 Å². The molecule has 0 unspecified atom stereocenters. The molecule has 7 nitrogen and oxygen atoms in total. The van der Waals surface area contributed by atoms with Crippen molar-refractivity contribution in [2.75, 3.05) is 12.4 Å². The van der Waals surface area contributed by atoms with Gasteiger partial charge >= 0.3 is 13.1 Å². The molecule has 132 valence electrons. The number of nitrogens with one attached hydrogen (secondary N) is 1. The van der Waals surface area contributed by atoms with Crippen molar-refractivity contribution in [1.29, 1.82) is 0 Å². The van der Waals surface area contributed by atoms with Gasteiger partial charge in [0.25, 0.3) is 0 Å². The molecular formula is C16H26BN3O4. The van der Waals surface area contributed by atoms with Crippen LogP contribution >= 0.6 is 0 Å². The Kier molecular flexibility index (Phi) is 5.20. The van der Waals surface area contributed by atoms with Crippen LogP contribution in [0.5, 0.6) is 0 Å². The quantitative estimate of drug-likeness (QED) is 0.643. The number of ether oxygens (including phenoxy) is 1. The van der Waals surface area contributed by atoms with Crippen LogP contribution in [0.15, 0.2) is 12.4 Å². The molecule has 1 atom stereocenters. The van der Waals surface area contributed by atoms with Gasteiger partial charge in [0.15, 0.2) is 0 Å². The number of hydrogen-bond acceptors (Lipinski definition) is 7. The predicted molar refractivity (Wildman–Crippen MR) is 92.0 cm³/mol. The molecule has 0 radical (unpaired) electrons. The summed E-state index contributed by atoms with van der Waals surface area (Å²) in [4.78, 5) is 20.3. The fourth-order valence-corrected chi connectivity index (χ4v) is 2.28. The molecule has 8 heteroatoms. The summed E-state index contributed by atoms with van der Waals surface area (Å²) in [5, 5.41) is 3.00. The van der Waals surface area contributed by atoms with Gasteiger partial charge in [0.2, 0.25) is 5.95 Å². The zero-order chi connectivity index (χ0) is 18.1. The molecule has 0 bridgehead atoms. The first-order valence-electron chi connectivity index (χ1n) is 8.09. The third-order valence-electron chi connectivity index (χ3n) is 4.60. The topological polar surface area (TPSA) is 82.6 Å². The van der Waals surface area contributed by atoms with E-state index in [1.807, 2.05) is 41.5 Å². The molecule has 0 amide bonds. The van der Waals surface area contributed by atoms with E-state index in [1.54, 1.807) is 12.4 Å². The van der Waals surface area contributed by atoms with E-state index >= 15 is 0 Å². The van der Waals surface area contributed by atoms with Gasteiger partial charge in [-0.05, 0) is 33.6 Å². The maximum Gasteiger partial charge on any atom is 0.498 e. The highest BCUT2D eigenvalue weighted by Gasteiger charge is 2.51. The van der Waals surface area contributed by atoms with Crippen LogP contribution < -0.4 is 10.8 Å². The molecule has 1 aromatic heterocycles. The van der Waals surface area contributed by atoms with Crippen LogP contribution in [-0.4, -0.2) is 47.4 Å². The first-order chi connectivity index (χ1) is 11.1. The summed E-state index contributed by atoms with van der Waals surface area (Å²) in [7, 11) is 0.854. The van der Waals surface area contributed by atoms with E-state index in [0.29, 0.717) is 5.95 Å². The third-order valence-corrected chi connectivity index (χ3v) is 4.60. The molecule has 1 aromatic rings. The summed E-state index contributed by atoms with van der Waals surface area (Å²) < 4.78 is 16.7. The maximum absolute atomic E-state index is 11.8. The lowest BCUT2D eigenvalue weighted by Gasteiger charge is -2.32. The van der Waals surface area contributed by atoms with Gasteiger partial charge in [-0.15, -0.1) is 0 Å². The number of methoxy groups -OCH3 is 1. The summed E-state index contributed by atoms with van der Waals surface area (Å²) in [6.45, 7) is 11.8. The van der Waals surface area contributed by atoms with Crippen molar-refractivity contribution in [2.45, 2.75) is 58.8 Å². The molecule has 2 heterocycles. The summed E-state index contributed by atoms with van der Waals surface area (Å²) in [5.41, 5.74) is -0.0944. The number of rotatable bonds is 5. The third kappa shape index (κ3) is 3.70. The Balaban J connectivity index is 2.10. The van der Waals surface area contributed by atoms with Crippen LogP contribution in [0.2, 0.25) is 0 Å². The monoisotopic (exact) mass is 335 g/mol. The van der Waals surface area contributed by atoms with Crippen molar-refractivity contribution < 1.29 is 18.8 Å². The van der Waals surface area contributed by atoms with Gasteiger partial charge in [-0.2, -0.15) is 0 Å². The SMILES string of the molecule is COC(=O)[C@H](Nc1ncc(B2OC(C)(C)C(C)(C)O2)cn1)C(C)C. The van der Waals surface area contributed by atoms with Gasteiger partial charge in [-0.1, -0.05) is 13.8 Å². The second kappa shape index (κ2) is 6.68. The number of aromatic nitrogens is 2. The molecule has 2 rings (SSSR count). The summed E-state index contributed by atoms with van der Waals surface area (Å²) in [6, 6.07) is -0.502. The highest BCUT2D eigenvalue weighted by atomic mass is 16.7. The number of esters is 1. The Morgan fingerprint density at radius 2 is 1.67 bits per heavy atom. The second-order valence-corrected chi connectivity index (χ2v) is 7.32. The smallest absolute Gasteiger partial charge is 0.467 e. The van der Waals surface area contributed by atoms with Gasteiger partial charge in [0, 0.05) is 17.9 Å². The van der Waals surface area contributed by atoms with Gasteiger partial charge in [-0.25, -0.2) is 14.8 Å². The lowest BCUT2D eigenvalue weighted by atomic mass is 9.81. The Labute approximate surface area is 143 Å². The van der Waals surface area contributed by atoms with Crippen LogP contribution in [-0.2, 0) is 18.8 Å². The molecule has 0 spiro atoms. The van der Waals surface area contributed by atoms with E-state index in [0.717, 1.165) is 5.46 Å². The first-order valence-corrected chi connectivity index (χ1v) is 8.09. The van der Waals surface area contributed by atoms with Gasteiger partial charge in [0.1, 0.15) is 6.04 Å². The Morgan fingerprint density at radius 3 is 2.08 bits per heavy atom. The molecule has 0 aliphatic carbocycles. The predicted octanol–water partition coefficient (Wildman–Crippen LogP) is 1.39. The molecule has 1 saturated heterocycles. The zero-order valence-electron chi connectivity index (χ0n) is 15.4. The number of carbonyl (C=O) groups excluding carboxylic acids is 1. The van der Waals surface area contributed by atoms with Crippen LogP contribution in [0.1, 0.15) is 41.5 Å². The fraction of sp³-hybridized carbons (Fsp3) is 0.688. The van der Waals surface area contributed by atoms with Crippen LogP contribution in [0.3, 0.4) is 0 Å². The Bertz CT molecular complexity index is 573. The highest BCUT2D eigenvalue weighted by Crippen LogP contribution is 2.36. The van der Waals surface area contributed by atoms with E-state index < -0.39 is 24.4 Å². The number of anilines is 1. The second-order valence-electron chi connectivity index (χ2n) is 7.32. The minimum atomic E-state index is -0.509. The summed E-state index contributed by atoms with van der Waals surface area (Å²) >= 11 is 0. The van der Waals surface area contributed by atoms with Crippen molar-refractivity contribution in [3.05, 3.63) is 12.4 Å². The molecule has 1 aliphatic rings. The summed E-state index contributed by atoms with van der Waals surface area (Å²) in [6.07, 6.45) is 3.29. The minimum absolute atomic E-state index is 0.0452. The van der Waals surface area contributed by atoms with Crippen LogP contribution in [0.25, 0.3) is 0 Å². The first kappa shape index (κ1) is 18.7. The molecule has 1 aliphatic heterocycles. The standard InChI is InChI=1S/C16H26BN3O4/c1-10(2)12(13(21)22-7)20-14-18-8-11(9-19-14)17-23-15(3,4)16(5,6)24-17/h8-10,12H,1-7H3,(H,18,19,20)/t12-/m1/s1. The van der Waals surface area contributed by atoms with Gasteiger partial charge in [-0.3, -0.25) is 0 Å². The Morgan fingerprint density at radius 1 is 1.17 bits per heavy atom. The number of nitrogens with zero attached hydrogens (tertiary/aromatic N) is 2. The largest absolute Gasteiger partial charge is 0.498 e. The Hall–Kier alpha value is -1.67. The van der Waals surface area contributed by atoms with E-state index in [2.05, 4.69) is 15.3 Å². The average Bonchev–Trinajstić information content (AvgIpc) is 2.72. The van der Waals surface area contributed by atoms with E-state index in [9.17, 15) is 4.79 Å². The van der Waals surface area contributed by atoms with Crippen molar-refractivity contribution in [3.63, 3.8) is 0 Å². The minimum Gasteiger partial charge on any atom is -0.467 e. The lowest BCUT2D eigenvalue weighted by Crippen LogP contribution is -2.41. The molecule has 1 N–H and O–H groups in total. The molecule has 1 fully saturated rings. The zero-order valence-corrected chi connectivity index (χ0v) is 15.4. The lowest BCUT2D eigenvalue weighted by molar-refractivity contribution is -0.142. The van der Waals surface area contributed by atoms with E-state index in [1.165, 1.54) is 7.11 Å². The van der Waals surface area contributed by atoms with Gasteiger partial charge in [0.05, 0.1) is 18.3 Å². The van der Waals surface area contributed by atoms with E-state index in [4.69, 9.17) is 14.0 Å². The highest BCUT2D eigenvalue weighted by molar-refractivity contribution is 6.61. The number of carbonyl (C=O) groups is 1. The van der Waals surface area contributed by atoms with Crippen molar-refractivity contribution in [2.24, 2.45) is 5.92 Å². The van der Waals surface area contributed by atoms with Crippen LogP contribution in [0, 0.1) is 5.92 Å². The fourth-order valence-electron chi connectivity index (χ4n) is 2.28. The normalized spacial score (nSPS) is 20.1. The van der Waals surface area contributed by atoms with Crippen molar-refractivity contribution in [1.82, 2.24) is 9.97 Å². The molecule has 24 heavy (non-hydrogen) atoms. The van der Waals surface area contributed by atoms with Gasteiger partial charge < -0.3 is 19.4 Å². The molecule has 0 saturated carbocycles. The molecule has 0 aromatic carbocycles. The van der Waals surface area contributed by atoms with E-state index in [-0.39, 0.29) is 11.9 Å². The maximum atomic E-state index is 11.8. The average molecular weight is 335 g/mol. The molecular weight excluding hydrogens is 309 g/mol. The van der Waals surface area contributed by atoms with Crippen LogP contribution in [0.4, 0.5) is 5.95 Å². The van der Waals surface area contributed by atoms with Crippen molar-refractivity contribution >= 4 is 24.5 Å². The summed E-state index contributed by atoms with van der Waals surface area (Å²) in [5.74, 6) is 0.0619.